The van der Waals surface area contributed by atoms with E-state index in [1.54, 1.807) is 0 Å². The van der Waals surface area contributed by atoms with Crippen LogP contribution in [0.2, 0.25) is 0 Å². The molecule has 0 aromatic carbocycles. The van der Waals surface area contributed by atoms with E-state index in [-0.39, 0.29) is 5.91 Å². The van der Waals surface area contributed by atoms with Crippen molar-refractivity contribution in [3.63, 3.8) is 0 Å². The van der Waals surface area contributed by atoms with Crippen LogP contribution in [0.25, 0.3) is 0 Å². The van der Waals surface area contributed by atoms with Crippen LogP contribution in [0.1, 0.15) is 19.8 Å². The smallest absolute Gasteiger partial charge is 0.234 e. The van der Waals surface area contributed by atoms with Gasteiger partial charge in [0.1, 0.15) is 0 Å². The van der Waals surface area contributed by atoms with Crippen molar-refractivity contribution in [3.8, 4) is 0 Å². The van der Waals surface area contributed by atoms with Crippen LogP contribution in [0.3, 0.4) is 0 Å². The molecule has 1 saturated carbocycles. The number of carbonyl (C=O) groups is 1. The molecular formula is C10H21N3O. The second kappa shape index (κ2) is 5.98. The quantitative estimate of drug-likeness (QED) is 0.597. The summed E-state index contributed by atoms with van der Waals surface area (Å²) in [5.41, 5.74) is 0. The van der Waals surface area contributed by atoms with Gasteiger partial charge in [-0.25, -0.2) is 0 Å². The maximum atomic E-state index is 11.2. The summed E-state index contributed by atoms with van der Waals surface area (Å²) in [5, 5.41) is 5.88. The van der Waals surface area contributed by atoms with Crippen LogP contribution in [0.15, 0.2) is 0 Å². The molecule has 82 valence electrons. The third-order valence-corrected chi connectivity index (χ3v) is 2.49. The first-order chi connectivity index (χ1) is 6.74. The average Bonchev–Trinajstić information content (AvgIpc) is 2.97. The third-order valence-electron chi connectivity index (χ3n) is 2.49. The molecule has 2 N–H and O–H groups in total. The fourth-order valence-corrected chi connectivity index (χ4v) is 1.37. The highest BCUT2D eigenvalue weighted by Gasteiger charge is 2.25. The minimum Gasteiger partial charge on any atom is -0.354 e. The summed E-state index contributed by atoms with van der Waals surface area (Å²) in [5.74, 6) is 0.0936. The van der Waals surface area contributed by atoms with Gasteiger partial charge in [-0.2, -0.15) is 0 Å². The summed E-state index contributed by atoms with van der Waals surface area (Å²) in [7, 11) is 2.12. The van der Waals surface area contributed by atoms with E-state index in [0.29, 0.717) is 6.54 Å². The lowest BCUT2D eigenvalue weighted by atomic mass is 10.4. The topological polar surface area (TPSA) is 44.4 Å². The van der Waals surface area contributed by atoms with Crippen LogP contribution < -0.4 is 10.6 Å². The van der Waals surface area contributed by atoms with Crippen molar-refractivity contribution >= 4 is 5.91 Å². The lowest BCUT2D eigenvalue weighted by Gasteiger charge is -2.15. The Hall–Kier alpha value is -0.610. The van der Waals surface area contributed by atoms with E-state index in [2.05, 4.69) is 22.6 Å². The minimum atomic E-state index is 0.0936. The Kier molecular flexibility index (Phi) is 4.90. The number of nitrogens with zero attached hydrogens (tertiary/aromatic N) is 1. The number of rotatable bonds is 7. The molecule has 0 aliphatic heterocycles. The van der Waals surface area contributed by atoms with Gasteiger partial charge in [-0.3, -0.25) is 4.79 Å². The van der Waals surface area contributed by atoms with E-state index >= 15 is 0 Å². The maximum Gasteiger partial charge on any atom is 0.234 e. The van der Waals surface area contributed by atoms with Gasteiger partial charge in [-0.05, 0) is 26.4 Å². The van der Waals surface area contributed by atoms with Crippen LogP contribution in [-0.4, -0.2) is 50.1 Å². The predicted octanol–water partition coefficient (Wildman–Crippen LogP) is -0.194. The lowest BCUT2D eigenvalue weighted by Crippen LogP contribution is -2.38. The largest absolute Gasteiger partial charge is 0.354 e. The van der Waals surface area contributed by atoms with Gasteiger partial charge in [0, 0.05) is 19.1 Å². The van der Waals surface area contributed by atoms with Gasteiger partial charge in [0.2, 0.25) is 5.91 Å². The zero-order valence-electron chi connectivity index (χ0n) is 9.18. The van der Waals surface area contributed by atoms with Crippen molar-refractivity contribution in [1.82, 2.24) is 15.5 Å². The first kappa shape index (κ1) is 11.5. The summed E-state index contributed by atoms with van der Waals surface area (Å²) in [6.45, 7) is 4.99. The SMILES string of the molecule is CCNCC(=O)NCCN(C)C1CC1. The number of hydrogen-bond donors (Lipinski definition) is 2. The zero-order valence-corrected chi connectivity index (χ0v) is 9.18. The standard InChI is InChI=1S/C10H21N3O/c1-3-11-8-10(14)12-6-7-13(2)9-4-5-9/h9,11H,3-8H2,1-2H3,(H,12,14). The molecule has 4 nitrogen and oxygen atoms in total. The molecule has 0 spiro atoms. The van der Waals surface area contributed by atoms with Gasteiger partial charge < -0.3 is 15.5 Å². The molecule has 0 bridgehead atoms. The Labute approximate surface area is 86.0 Å². The summed E-state index contributed by atoms with van der Waals surface area (Å²) >= 11 is 0. The molecule has 0 unspecified atom stereocenters. The van der Waals surface area contributed by atoms with Gasteiger partial charge in [-0.1, -0.05) is 6.92 Å². The number of carbonyl (C=O) groups excluding carboxylic acids is 1. The highest BCUT2D eigenvalue weighted by Crippen LogP contribution is 2.24. The second-order valence-corrected chi connectivity index (χ2v) is 3.84. The molecule has 0 saturated heterocycles. The van der Waals surface area contributed by atoms with E-state index in [1.165, 1.54) is 12.8 Å². The van der Waals surface area contributed by atoms with E-state index in [1.807, 2.05) is 6.92 Å². The summed E-state index contributed by atoms with van der Waals surface area (Å²) in [6.07, 6.45) is 2.64. The van der Waals surface area contributed by atoms with Crippen LogP contribution in [0, 0.1) is 0 Å². The Morgan fingerprint density at radius 2 is 2.21 bits per heavy atom. The van der Waals surface area contributed by atoms with Crippen molar-refractivity contribution in [2.75, 3.05) is 33.2 Å². The van der Waals surface area contributed by atoms with Crippen molar-refractivity contribution in [1.29, 1.82) is 0 Å². The number of amides is 1. The third kappa shape index (κ3) is 4.58. The molecule has 1 aliphatic carbocycles. The molecule has 0 atom stereocenters. The summed E-state index contributed by atoms with van der Waals surface area (Å²) in [6, 6.07) is 0.778. The first-order valence-electron chi connectivity index (χ1n) is 5.41. The fourth-order valence-electron chi connectivity index (χ4n) is 1.37. The first-order valence-corrected chi connectivity index (χ1v) is 5.41. The Balaban J connectivity index is 1.94. The highest BCUT2D eigenvalue weighted by molar-refractivity contribution is 5.77. The maximum absolute atomic E-state index is 11.2. The second-order valence-electron chi connectivity index (χ2n) is 3.84. The van der Waals surface area contributed by atoms with Gasteiger partial charge in [0.15, 0.2) is 0 Å². The van der Waals surface area contributed by atoms with Crippen molar-refractivity contribution in [3.05, 3.63) is 0 Å². The Morgan fingerprint density at radius 1 is 1.50 bits per heavy atom. The highest BCUT2D eigenvalue weighted by atomic mass is 16.1. The lowest BCUT2D eigenvalue weighted by molar-refractivity contribution is -0.120. The molecule has 0 radical (unpaired) electrons. The normalized spacial score (nSPS) is 15.9. The molecule has 0 heterocycles. The van der Waals surface area contributed by atoms with Crippen molar-refractivity contribution in [2.45, 2.75) is 25.8 Å². The van der Waals surface area contributed by atoms with Crippen LogP contribution in [0.5, 0.6) is 0 Å². The molecule has 14 heavy (non-hydrogen) atoms. The zero-order chi connectivity index (χ0) is 10.4. The van der Waals surface area contributed by atoms with Gasteiger partial charge in [-0.15, -0.1) is 0 Å². The molecule has 1 fully saturated rings. The van der Waals surface area contributed by atoms with E-state index in [4.69, 9.17) is 0 Å². The molecule has 4 heteroatoms. The van der Waals surface area contributed by atoms with Crippen molar-refractivity contribution in [2.24, 2.45) is 0 Å². The molecular weight excluding hydrogens is 178 g/mol. The van der Waals surface area contributed by atoms with E-state index in [0.717, 1.165) is 25.7 Å². The van der Waals surface area contributed by atoms with Crippen LogP contribution in [0.4, 0.5) is 0 Å². The number of likely N-dealkylation sites (N-methyl/N-ethyl adjacent to an activating group) is 2. The fraction of sp³-hybridized carbons (Fsp3) is 0.900. The van der Waals surface area contributed by atoms with Gasteiger partial charge >= 0.3 is 0 Å². The Morgan fingerprint density at radius 3 is 2.79 bits per heavy atom. The average molecular weight is 199 g/mol. The van der Waals surface area contributed by atoms with Gasteiger partial charge in [0.05, 0.1) is 6.54 Å². The number of hydrogen-bond acceptors (Lipinski definition) is 3. The van der Waals surface area contributed by atoms with E-state index in [9.17, 15) is 4.79 Å². The van der Waals surface area contributed by atoms with Crippen LogP contribution >= 0.6 is 0 Å². The monoisotopic (exact) mass is 199 g/mol. The number of nitrogens with one attached hydrogen (secondary N) is 2. The predicted molar refractivity (Wildman–Crippen MR) is 57.2 cm³/mol. The Bertz CT molecular complexity index is 180. The van der Waals surface area contributed by atoms with E-state index < -0.39 is 0 Å². The molecule has 0 aromatic rings. The van der Waals surface area contributed by atoms with Gasteiger partial charge in [0.25, 0.3) is 0 Å². The molecule has 1 amide bonds. The summed E-state index contributed by atoms with van der Waals surface area (Å²) in [4.78, 5) is 13.5. The molecule has 1 rings (SSSR count). The molecule has 0 aromatic heterocycles. The minimum absolute atomic E-state index is 0.0936. The van der Waals surface area contributed by atoms with Crippen LogP contribution in [-0.2, 0) is 4.79 Å². The molecule has 1 aliphatic rings. The van der Waals surface area contributed by atoms with Crippen molar-refractivity contribution < 1.29 is 4.79 Å². The summed E-state index contributed by atoms with van der Waals surface area (Å²) < 4.78 is 0.